The third-order valence-corrected chi connectivity index (χ3v) is 6.24. The minimum absolute atomic E-state index is 0.0176. The highest BCUT2D eigenvalue weighted by Gasteiger charge is 2.61. The minimum Gasteiger partial charge on any atom is -0.353 e. The normalized spacial score (nSPS) is 29.2. The standard InChI is InChI=1S/C17H17N3O3S/c21-15-9-14-17(20(15)5-1-7-23-17)4-6-19(14)16(22)11-2-3-12-13(8-11)24-10-18-12/h2-3,8,10,14H,1,4-7,9H2/t14-,17+/m1/s1. The van der Waals surface area contributed by atoms with Crippen molar-refractivity contribution < 1.29 is 14.3 Å². The Labute approximate surface area is 143 Å². The van der Waals surface area contributed by atoms with Gasteiger partial charge in [-0.25, -0.2) is 4.98 Å². The maximum atomic E-state index is 13.1. The van der Waals surface area contributed by atoms with E-state index in [-0.39, 0.29) is 17.9 Å². The van der Waals surface area contributed by atoms with Crippen LogP contribution in [0.5, 0.6) is 0 Å². The highest BCUT2D eigenvalue weighted by atomic mass is 32.1. The molecule has 5 rings (SSSR count). The molecule has 3 fully saturated rings. The fourth-order valence-electron chi connectivity index (χ4n) is 4.35. The Morgan fingerprint density at radius 2 is 2.29 bits per heavy atom. The Kier molecular flexibility index (Phi) is 2.99. The molecule has 2 atom stereocenters. The largest absolute Gasteiger partial charge is 0.353 e. The Morgan fingerprint density at radius 3 is 3.21 bits per heavy atom. The molecule has 2 aromatic rings. The van der Waals surface area contributed by atoms with Crippen molar-refractivity contribution in [1.29, 1.82) is 0 Å². The summed E-state index contributed by atoms with van der Waals surface area (Å²) in [6, 6.07) is 5.44. The summed E-state index contributed by atoms with van der Waals surface area (Å²) in [4.78, 5) is 33.4. The summed E-state index contributed by atoms with van der Waals surface area (Å²) in [5, 5.41) is 0. The Morgan fingerprint density at radius 1 is 1.38 bits per heavy atom. The summed E-state index contributed by atoms with van der Waals surface area (Å²) < 4.78 is 7.07. The first-order valence-corrected chi connectivity index (χ1v) is 9.16. The molecule has 3 saturated heterocycles. The van der Waals surface area contributed by atoms with Crippen molar-refractivity contribution in [3.8, 4) is 0 Å². The lowest BCUT2D eigenvalue weighted by atomic mass is 10.0. The Hall–Kier alpha value is -1.99. The van der Waals surface area contributed by atoms with E-state index < -0.39 is 5.72 Å². The number of aromatic nitrogens is 1. The van der Waals surface area contributed by atoms with Gasteiger partial charge < -0.3 is 14.5 Å². The number of carbonyl (C=O) groups excluding carboxylic acids is 2. The number of rotatable bonds is 1. The van der Waals surface area contributed by atoms with E-state index in [0.29, 0.717) is 31.6 Å². The molecular weight excluding hydrogens is 326 g/mol. The summed E-state index contributed by atoms with van der Waals surface area (Å²) >= 11 is 1.53. The fraction of sp³-hybridized carbons (Fsp3) is 0.471. The van der Waals surface area contributed by atoms with Crippen LogP contribution in [0.2, 0.25) is 0 Å². The van der Waals surface area contributed by atoms with E-state index in [1.807, 2.05) is 28.0 Å². The van der Waals surface area contributed by atoms with Gasteiger partial charge in [-0.1, -0.05) is 0 Å². The van der Waals surface area contributed by atoms with Crippen LogP contribution in [-0.2, 0) is 9.53 Å². The van der Waals surface area contributed by atoms with E-state index in [1.165, 1.54) is 11.3 Å². The van der Waals surface area contributed by atoms with Crippen LogP contribution in [0.3, 0.4) is 0 Å². The predicted molar refractivity (Wildman–Crippen MR) is 88.7 cm³/mol. The van der Waals surface area contributed by atoms with Crippen LogP contribution < -0.4 is 0 Å². The van der Waals surface area contributed by atoms with Crippen molar-refractivity contribution >= 4 is 33.4 Å². The molecule has 3 aliphatic rings. The van der Waals surface area contributed by atoms with Gasteiger partial charge in [0, 0.05) is 25.1 Å². The third kappa shape index (κ3) is 1.82. The zero-order chi connectivity index (χ0) is 16.3. The molecular formula is C17H17N3O3S. The van der Waals surface area contributed by atoms with Gasteiger partial charge in [-0.3, -0.25) is 9.59 Å². The Balaban J connectivity index is 1.49. The molecule has 0 unspecified atom stereocenters. The maximum Gasteiger partial charge on any atom is 0.254 e. The first kappa shape index (κ1) is 14.4. The summed E-state index contributed by atoms with van der Waals surface area (Å²) in [5.41, 5.74) is 2.77. The number of benzene rings is 1. The van der Waals surface area contributed by atoms with Crippen molar-refractivity contribution in [3.63, 3.8) is 0 Å². The van der Waals surface area contributed by atoms with Gasteiger partial charge in [-0.15, -0.1) is 11.3 Å². The number of fused-ring (bicyclic) bond motifs is 1. The minimum atomic E-state index is -0.584. The molecule has 124 valence electrons. The van der Waals surface area contributed by atoms with E-state index >= 15 is 0 Å². The molecule has 6 nitrogen and oxygen atoms in total. The van der Waals surface area contributed by atoms with E-state index in [0.717, 1.165) is 23.2 Å². The van der Waals surface area contributed by atoms with E-state index in [4.69, 9.17) is 4.74 Å². The molecule has 0 aliphatic carbocycles. The molecule has 1 spiro atoms. The molecule has 4 heterocycles. The average molecular weight is 343 g/mol. The van der Waals surface area contributed by atoms with Gasteiger partial charge >= 0.3 is 0 Å². The SMILES string of the molecule is O=C(c1ccc2ncsc2c1)N1CC[C@@]23OCCCN2C(=O)C[C@@H]13. The summed E-state index contributed by atoms with van der Waals surface area (Å²) in [5.74, 6) is 0.0890. The van der Waals surface area contributed by atoms with Crippen LogP contribution in [0, 0.1) is 0 Å². The molecule has 7 heteroatoms. The van der Waals surface area contributed by atoms with Gasteiger partial charge in [0.2, 0.25) is 5.91 Å². The number of likely N-dealkylation sites (tertiary alicyclic amines) is 1. The third-order valence-electron chi connectivity index (χ3n) is 5.45. The number of hydrogen-bond acceptors (Lipinski definition) is 5. The monoisotopic (exact) mass is 343 g/mol. The second kappa shape index (κ2) is 5.00. The van der Waals surface area contributed by atoms with Gasteiger partial charge in [0.25, 0.3) is 5.91 Å². The molecule has 1 aromatic carbocycles. The predicted octanol–water partition coefficient (Wildman–Crippen LogP) is 1.86. The van der Waals surface area contributed by atoms with E-state index in [1.54, 1.807) is 5.51 Å². The first-order chi connectivity index (χ1) is 11.7. The van der Waals surface area contributed by atoms with E-state index in [2.05, 4.69) is 4.98 Å². The van der Waals surface area contributed by atoms with Crippen LogP contribution >= 0.6 is 11.3 Å². The molecule has 1 aromatic heterocycles. The van der Waals surface area contributed by atoms with Gasteiger partial charge in [-0.05, 0) is 24.6 Å². The second-order valence-corrected chi connectivity index (χ2v) is 7.48. The van der Waals surface area contributed by atoms with Gasteiger partial charge in [0.05, 0.1) is 34.8 Å². The molecule has 0 N–H and O–H groups in total. The topological polar surface area (TPSA) is 62.7 Å². The van der Waals surface area contributed by atoms with Crippen molar-refractivity contribution in [2.45, 2.75) is 31.0 Å². The zero-order valence-electron chi connectivity index (χ0n) is 13.1. The van der Waals surface area contributed by atoms with Gasteiger partial charge in [0.1, 0.15) is 0 Å². The highest BCUT2D eigenvalue weighted by molar-refractivity contribution is 7.16. The molecule has 0 bridgehead atoms. The quantitative estimate of drug-likeness (QED) is 0.793. The molecule has 3 aliphatic heterocycles. The van der Waals surface area contributed by atoms with Gasteiger partial charge in [-0.2, -0.15) is 0 Å². The van der Waals surface area contributed by atoms with E-state index in [9.17, 15) is 9.59 Å². The lowest BCUT2D eigenvalue weighted by Crippen LogP contribution is -2.56. The summed E-state index contributed by atoms with van der Waals surface area (Å²) in [6.45, 7) is 2.04. The number of ether oxygens (including phenoxy) is 1. The summed E-state index contributed by atoms with van der Waals surface area (Å²) in [6.07, 6.45) is 1.95. The lowest BCUT2D eigenvalue weighted by molar-refractivity contribution is -0.179. The molecule has 0 radical (unpaired) electrons. The van der Waals surface area contributed by atoms with Crippen molar-refractivity contribution in [2.24, 2.45) is 0 Å². The smallest absolute Gasteiger partial charge is 0.254 e. The van der Waals surface area contributed by atoms with Crippen LogP contribution in [0.4, 0.5) is 0 Å². The lowest BCUT2D eigenvalue weighted by Gasteiger charge is -2.42. The number of hydrogen-bond donors (Lipinski definition) is 0. The maximum absolute atomic E-state index is 13.1. The molecule has 2 amide bonds. The first-order valence-electron chi connectivity index (χ1n) is 8.28. The van der Waals surface area contributed by atoms with Crippen molar-refractivity contribution in [1.82, 2.24) is 14.8 Å². The average Bonchev–Trinajstić information content (AvgIpc) is 3.26. The Bertz CT molecular complexity index is 850. The van der Waals surface area contributed by atoms with Gasteiger partial charge in [0.15, 0.2) is 5.72 Å². The summed E-state index contributed by atoms with van der Waals surface area (Å²) in [7, 11) is 0. The second-order valence-electron chi connectivity index (χ2n) is 6.60. The number of amides is 2. The number of carbonyl (C=O) groups is 2. The number of thiazole rings is 1. The zero-order valence-corrected chi connectivity index (χ0v) is 13.9. The van der Waals surface area contributed by atoms with Crippen LogP contribution in [-0.4, -0.2) is 58.1 Å². The van der Waals surface area contributed by atoms with Crippen molar-refractivity contribution in [3.05, 3.63) is 29.3 Å². The highest BCUT2D eigenvalue weighted by Crippen LogP contribution is 2.45. The van der Waals surface area contributed by atoms with Crippen molar-refractivity contribution in [2.75, 3.05) is 19.7 Å². The fourth-order valence-corrected chi connectivity index (χ4v) is 5.06. The number of nitrogens with zero attached hydrogens (tertiary/aromatic N) is 3. The van der Waals surface area contributed by atoms with Crippen LogP contribution in [0.25, 0.3) is 10.2 Å². The molecule has 24 heavy (non-hydrogen) atoms. The molecule has 0 saturated carbocycles. The van der Waals surface area contributed by atoms with Crippen LogP contribution in [0.1, 0.15) is 29.6 Å². The van der Waals surface area contributed by atoms with Crippen LogP contribution in [0.15, 0.2) is 23.7 Å².